The summed E-state index contributed by atoms with van der Waals surface area (Å²) in [5.74, 6) is -0.626. The molecule has 2 heterocycles. The number of hydrogen-bond acceptors (Lipinski definition) is 7. The molecule has 8 nitrogen and oxygen atoms in total. The Balaban J connectivity index is 1.91. The van der Waals surface area contributed by atoms with Gasteiger partial charge in [0.2, 0.25) is 0 Å². The fraction of sp³-hybridized carbons (Fsp3) is 0.556. The normalized spacial score (nSPS) is 20.0. The second kappa shape index (κ2) is 9.40. The van der Waals surface area contributed by atoms with E-state index in [0.29, 0.717) is 18.4 Å². The molecule has 0 atom stereocenters. The van der Waals surface area contributed by atoms with Crippen LogP contribution in [0, 0.1) is 5.92 Å². The van der Waals surface area contributed by atoms with E-state index in [1.165, 1.54) is 9.12 Å². The molecule has 2 aromatic rings. The summed E-state index contributed by atoms with van der Waals surface area (Å²) in [7, 11) is -0.498. The van der Waals surface area contributed by atoms with Crippen molar-refractivity contribution in [3.05, 3.63) is 24.0 Å². The molecular weight excluding hydrogens is 529 g/mol. The Morgan fingerprint density at radius 3 is 2.69 bits per heavy atom. The lowest BCUT2D eigenvalue weighted by atomic mass is 9.86. The first kappa shape index (κ1) is 22.6. The molecule has 2 aromatic heterocycles. The minimum atomic E-state index is -3.96. The van der Waals surface area contributed by atoms with Gasteiger partial charge in [-0.2, -0.15) is 8.42 Å². The predicted molar refractivity (Wildman–Crippen MR) is 123 cm³/mol. The number of pyridine rings is 1. The largest absolute Gasteiger partial charge is 0.462 e. The Hall–Kier alpha value is -1.05. The summed E-state index contributed by atoms with van der Waals surface area (Å²) in [5, 5.41) is 0.877. The molecule has 3 rings (SSSR count). The lowest BCUT2D eigenvalue weighted by molar-refractivity contribution is 0.0526. The van der Waals surface area contributed by atoms with Crippen molar-refractivity contribution in [2.45, 2.75) is 38.6 Å². The van der Waals surface area contributed by atoms with E-state index >= 15 is 0 Å². The van der Waals surface area contributed by atoms with Crippen LogP contribution in [-0.2, 0) is 14.9 Å². The SMILES string of the molecule is CCOC(=O)c1cnc2c(ccn2SI)c1N(C)[C@H]1CC[C@H](CS(=O)(=O)O)CC1. The Labute approximate surface area is 186 Å². The van der Waals surface area contributed by atoms with E-state index in [2.05, 4.69) is 31.1 Å². The molecule has 0 spiro atoms. The molecule has 0 aliphatic heterocycles. The van der Waals surface area contributed by atoms with Crippen molar-refractivity contribution in [1.29, 1.82) is 0 Å². The van der Waals surface area contributed by atoms with Gasteiger partial charge in [-0.3, -0.25) is 8.53 Å². The number of nitrogens with zero attached hydrogens (tertiary/aromatic N) is 3. The third-order valence-electron chi connectivity index (χ3n) is 5.39. The van der Waals surface area contributed by atoms with Gasteiger partial charge in [0.05, 0.1) is 18.0 Å². The molecule has 11 heteroatoms. The molecule has 0 radical (unpaired) electrons. The van der Waals surface area contributed by atoms with Crippen LogP contribution in [0.1, 0.15) is 43.0 Å². The smallest absolute Gasteiger partial charge is 0.341 e. The standard InChI is InChI=1S/C18H24IN3O5S2/c1-3-27-18(23)15-10-20-17-14(8-9-22(17)28-19)16(15)21(2)13-6-4-12(5-7-13)11-29(24,25)26/h8-10,12-13H,3-7,11H2,1-2H3,(H,24,25,26)/t12-,13-. The second-order valence-electron chi connectivity index (χ2n) is 7.22. The van der Waals surface area contributed by atoms with Crippen molar-refractivity contribution >= 4 is 63.1 Å². The topological polar surface area (TPSA) is 102 Å². The zero-order valence-corrected chi connectivity index (χ0v) is 20.0. The van der Waals surface area contributed by atoms with Crippen molar-refractivity contribution < 1.29 is 22.5 Å². The van der Waals surface area contributed by atoms with Crippen LogP contribution in [0.4, 0.5) is 5.69 Å². The molecule has 1 aliphatic carbocycles. The number of rotatable bonds is 7. The minimum Gasteiger partial charge on any atom is -0.462 e. The highest BCUT2D eigenvalue weighted by Crippen LogP contribution is 2.37. The molecular formula is C18H24IN3O5S2. The lowest BCUT2D eigenvalue weighted by Gasteiger charge is -2.36. The van der Waals surface area contributed by atoms with Crippen LogP contribution in [0.3, 0.4) is 0 Å². The minimum absolute atomic E-state index is 0.0341. The van der Waals surface area contributed by atoms with Crippen LogP contribution in [0.15, 0.2) is 18.5 Å². The van der Waals surface area contributed by atoms with Gasteiger partial charge in [0.1, 0.15) is 5.56 Å². The number of carbonyl (C=O) groups excluding carboxylic acids is 1. The van der Waals surface area contributed by atoms with Gasteiger partial charge in [-0.15, -0.1) is 0 Å². The van der Waals surface area contributed by atoms with E-state index in [0.717, 1.165) is 29.6 Å². The monoisotopic (exact) mass is 553 g/mol. The Kier molecular flexibility index (Phi) is 7.33. The highest BCUT2D eigenvalue weighted by Gasteiger charge is 2.30. The molecule has 160 valence electrons. The fourth-order valence-corrected chi connectivity index (χ4v) is 6.22. The second-order valence-corrected chi connectivity index (χ2v) is 10.4. The van der Waals surface area contributed by atoms with Crippen LogP contribution in [0.2, 0.25) is 0 Å². The molecule has 0 saturated heterocycles. The molecule has 0 bridgehead atoms. The number of esters is 1. The first-order chi connectivity index (χ1) is 13.7. The van der Waals surface area contributed by atoms with Gasteiger partial charge in [0.25, 0.3) is 10.1 Å². The predicted octanol–water partition coefficient (Wildman–Crippen LogP) is 3.94. The van der Waals surface area contributed by atoms with Crippen molar-refractivity contribution in [3.8, 4) is 0 Å². The van der Waals surface area contributed by atoms with Crippen LogP contribution < -0.4 is 4.90 Å². The summed E-state index contributed by atoms with van der Waals surface area (Å²) in [5.41, 5.74) is 1.99. The van der Waals surface area contributed by atoms with Crippen molar-refractivity contribution in [1.82, 2.24) is 8.96 Å². The van der Waals surface area contributed by atoms with Crippen molar-refractivity contribution in [2.24, 2.45) is 5.92 Å². The van der Waals surface area contributed by atoms with E-state index in [1.807, 2.05) is 23.3 Å². The maximum Gasteiger partial charge on any atom is 0.341 e. The van der Waals surface area contributed by atoms with Crippen LogP contribution in [0.25, 0.3) is 11.0 Å². The van der Waals surface area contributed by atoms with E-state index in [1.54, 1.807) is 13.1 Å². The molecule has 0 aromatic carbocycles. The third kappa shape index (κ3) is 5.17. The quantitative estimate of drug-likeness (QED) is 0.313. The maximum atomic E-state index is 12.6. The highest BCUT2D eigenvalue weighted by atomic mass is 127. The van der Waals surface area contributed by atoms with E-state index < -0.39 is 16.1 Å². The van der Waals surface area contributed by atoms with Crippen LogP contribution in [0.5, 0.6) is 0 Å². The number of aromatic nitrogens is 2. The lowest BCUT2D eigenvalue weighted by Crippen LogP contribution is -2.37. The summed E-state index contributed by atoms with van der Waals surface area (Å²) in [6.45, 7) is 2.05. The number of fused-ring (bicyclic) bond motifs is 1. The number of ether oxygens (including phenoxy) is 1. The molecule has 1 saturated carbocycles. The molecule has 1 fully saturated rings. The summed E-state index contributed by atoms with van der Waals surface area (Å²) >= 11 is 2.18. The van der Waals surface area contributed by atoms with Crippen LogP contribution >= 0.6 is 30.3 Å². The van der Waals surface area contributed by atoms with Gasteiger partial charge in [-0.05, 0) is 44.6 Å². The van der Waals surface area contributed by atoms with Gasteiger partial charge < -0.3 is 9.64 Å². The first-order valence-electron chi connectivity index (χ1n) is 9.39. The van der Waals surface area contributed by atoms with E-state index in [9.17, 15) is 13.2 Å². The molecule has 29 heavy (non-hydrogen) atoms. The van der Waals surface area contributed by atoms with Crippen LogP contribution in [-0.4, -0.2) is 53.3 Å². The third-order valence-corrected chi connectivity index (χ3v) is 7.99. The van der Waals surface area contributed by atoms with E-state index in [-0.39, 0.29) is 24.3 Å². The van der Waals surface area contributed by atoms with Gasteiger partial charge in [0.15, 0.2) is 5.65 Å². The zero-order chi connectivity index (χ0) is 21.2. The Bertz CT molecular complexity index is 987. The number of carbonyl (C=O) groups is 1. The summed E-state index contributed by atoms with van der Waals surface area (Å²) < 4.78 is 38.6. The average molecular weight is 553 g/mol. The first-order valence-corrected chi connectivity index (χ1v) is 14.3. The van der Waals surface area contributed by atoms with E-state index in [4.69, 9.17) is 9.29 Å². The molecule has 0 amide bonds. The van der Waals surface area contributed by atoms with Crippen molar-refractivity contribution in [2.75, 3.05) is 24.3 Å². The zero-order valence-electron chi connectivity index (χ0n) is 16.2. The Morgan fingerprint density at radius 1 is 1.41 bits per heavy atom. The molecule has 1 aliphatic rings. The van der Waals surface area contributed by atoms with Gasteiger partial charge in [-0.25, -0.2) is 9.78 Å². The fourth-order valence-electron chi connectivity index (χ4n) is 4.02. The summed E-state index contributed by atoms with van der Waals surface area (Å²) in [6, 6.07) is 2.11. The van der Waals surface area contributed by atoms with Crippen molar-refractivity contribution in [3.63, 3.8) is 0 Å². The van der Waals surface area contributed by atoms with Gasteiger partial charge in [-0.1, -0.05) is 0 Å². The Morgan fingerprint density at radius 2 is 2.10 bits per heavy atom. The molecule has 0 unspecified atom stereocenters. The van der Waals surface area contributed by atoms with Gasteiger partial charge in [0, 0.05) is 61.2 Å². The number of anilines is 1. The van der Waals surface area contributed by atoms with Gasteiger partial charge >= 0.3 is 5.97 Å². The summed E-state index contributed by atoms with van der Waals surface area (Å²) in [6.07, 6.45) is 6.48. The number of halogens is 1. The number of hydrogen-bond donors (Lipinski definition) is 1. The maximum absolute atomic E-state index is 12.6. The molecule has 1 N–H and O–H groups in total. The highest BCUT2D eigenvalue weighted by molar-refractivity contribution is 14.2. The summed E-state index contributed by atoms with van der Waals surface area (Å²) in [4.78, 5) is 19.2. The average Bonchev–Trinajstić information content (AvgIpc) is 3.09.